The lowest BCUT2D eigenvalue weighted by atomic mass is 9.87. The van der Waals surface area contributed by atoms with Crippen molar-refractivity contribution in [3.05, 3.63) is 0 Å². The summed E-state index contributed by atoms with van der Waals surface area (Å²) in [6.07, 6.45) is 0.900. The van der Waals surface area contributed by atoms with E-state index in [4.69, 9.17) is 0 Å². The highest BCUT2D eigenvalue weighted by Gasteiger charge is 2.32. The van der Waals surface area contributed by atoms with E-state index in [1.807, 2.05) is 6.92 Å². The van der Waals surface area contributed by atoms with Gasteiger partial charge in [-0.05, 0) is 25.3 Å². The van der Waals surface area contributed by atoms with Gasteiger partial charge in [-0.2, -0.15) is 0 Å². The Morgan fingerprint density at radius 2 is 1.84 bits per heavy atom. The molecule has 1 saturated heterocycles. The fraction of sp³-hybridized carbons (Fsp3) is 0.857. The molecule has 2 amide bonds. The average molecular weight is 269 g/mol. The predicted molar refractivity (Wildman–Crippen MR) is 75.8 cm³/mol. The van der Waals surface area contributed by atoms with Gasteiger partial charge in [0.1, 0.15) is 0 Å². The SMILES string of the molecule is CC(N(C)C(=O)C(=O)N1CCCNCC1)C(C)(C)C. The number of hydrogen-bond acceptors (Lipinski definition) is 3. The topological polar surface area (TPSA) is 52.7 Å². The summed E-state index contributed by atoms with van der Waals surface area (Å²) in [6, 6.07) is 0.0223. The van der Waals surface area contributed by atoms with Gasteiger partial charge in [0, 0.05) is 32.7 Å². The van der Waals surface area contributed by atoms with E-state index in [2.05, 4.69) is 26.1 Å². The predicted octanol–water partition coefficient (Wildman–Crippen LogP) is 0.701. The van der Waals surface area contributed by atoms with Crippen LogP contribution in [0.3, 0.4) is 0 Å². The third-order valence-corrected chi connectivity index (χ3v) is 3.96. The van der Waals surface area contributed by atoms with Crippen LogP contribution in [0, 0.1) is 5.41 Å². The summed E-state index contributed by atoms with van der Waals surface area (Å²) in [5, 5.41) is 3.23. The van der Waals surface area contributed by atoms with Crippen LogP contribution >= 0.6 is 0 Å². The van der Waals surface area contributed by atoms with Crippen molar-refractivity contribution in [2.24, 2.45) is 5.41 Å². The highest BCUT2D eigenvalue weighted by molar-refractivity contribution is 6.34. The van der Waals surface area contributed by atoms with Gasteiger partial charge in [-0.15, -0.1) is 0 Å². The van der Waals surface area contributed by atoms with Crippen LogP contribution in [-0.2, 0) is 9.59 Å². The Labute approximate surface area is 116 Å². The Morgan fingerprint density at radius 1 is 1.21 bits per heavy atom. The molecule has 1 unspecified atom stereocenters. The standard InChI is InChI=1S/C14H27N3O2/c1-11(14(2,3)4)16(5)12(18)13(19)17-9-6-7-15-8-10-17/h11,15H,6-10H2,1-5H3. The number of nitrogens with zero attached hydrogens (tertiary/aromatic N) is 2. The summed E-state index contributed by atoms with van der Waals surface area (Å²) in [4.78, 5) is 27.7. The van der Waals surface area contributed by atoms with E-state index in [1.54, 1.807) is 16.8 Å². The zero-order valence-electron chi connectivity index (χ0n) is 12.8. The van der Waals surface area contributed by atoms with Crippen LogP contribution in [0.5, 0.6) is 0 Å². The van der Waals surface area contributed by atoms with Crippen molar-refractivity contribution < 1.29 is 9.59 Å². The van der Waals surface area contributed by atoms with Gasteiger partial charge in [-0.3, -0.25) is 9.59 Å². The minimum Gasteiger partial charge on any atom is -0.334 e. The molecule has 0 aromatic heterocycles. The molecule has 1 N–H and O–H groups in total. The van der Waals surface area contributed by atoms with Gasteiger partial charge < -0.3 is 15.1 Å². The third-order valence-electron chi connectivity index (χ3n) is 3.96. The van der Waals surface area contributed by atoms with Crippen LogP contribution < -0.4 is 5.32 Å². The van der Waals surface area contributed by atoms with E-state index in [1.165, 1.54) is 0 Å². The molecule has 1 atom stereocenters. The molecular weight excluding hydrogens is 242 g/mol. The maximum Gasteiger partial charge on any atom is 0.312 e. The first kappa shape index (κ1) is 16.0. The number of likely N-dealkylation sites (N-methyl/N-ethyl adjacent to an activating group) is 1. The lowest BCUT2D eigenvalue weighted by molar-refractivity contribution is -0.153. The number of amides is 2. The van der Waals surface area contributed by atoms with E-state index in [9.17, 15) is 9.59 Å². The van der Waals surface area contributed by atoms with E-state index >= 15 is 0 Å². The van der Waals surface area contributed by atoms with Crippen LogP contribution in [0.2, 0.25) is 0 Å². The molecule has 1 aliphatic rings. The molecule has 1 aliphatic heterocycles. The van der Waals surface area contributed by atoms with E-state index in [0.717, 1.165) is 19.5 Å². The lowest BCUT2D eigenvalue weighted by Gasteiger charge is -2.35. The summed E-state index contributed by atoms with van der Waals surface area (Å²) in [6.45, 7) is 11.1. The number of carbonyl (C=O) groups is 2. The molecule has 19 heavy (non-hydrogen) atoms. The largest absolute Gasteiger partial charge is 0.334 e. The fourth-order valence-corrected chi connectivity index (χ4v) is 2.09. The summed E-state index contributed by atoms with van der Waals surface area (Å²) in [5.74, 6) is -0.772. The van der Waals surface area contributed by atoms with Crippen molar-refractivity contribution in [2.45, 2.75) is 40.2 Å². The minimum atomic E-state index is -0.399. The molecule has 0 aliphatic carbocycles. The molecule has 5 nitrogen and oxygen atoms in total. The monoisotopic (exact) mass is 269 g/mol. The second-order valence-electron chi connectivity index (χ2n) is 6.35. The van der Waals surface area contributed by atoms with E-state index in [-0.39, 0.29) is 17.4 Å². The van der Waals surface area contributed by atoms with Crippen molar-refractivity contribution in [3.63, 3.8) is 0 Å². The normalized spacial score (nSPS) is 18.7. The lowest BCUT2D eigenvalue weighted by Crippen LogP contribution is -2.50. The maximum atomic E-state index is 12.3. The molecule has 5 heteroatoms. The molecule has 110 valence electrons. The number of hydrogen-bond donors (Lipinski definition) is 1. The second-order valence-corrected chi connectivity index (χ2v) is 6.35. The van der Waals surface area contributed by atoms with Gasteiger partial charge in [0.25, 0.3) is 0 Å². The Morgan fingerprint density at radius 3 is 2.42 bits per heavy atom. The zero-order valence-corrected chi connectivity index (χ0v) is 12.8. The van der Waals surface area contributed by atoms with Gasteiger partial charge >= 0.3 is 11.8 Å². The van der Waals surface area contributed by atoms with Crippen LogP contribution in [0.25, 0.3) is 0 Å². The summed E-state index contributed by atoms with van der Waals surface area (Å²) < 4.78 is 0. The van der Waals surface area contributed by atoms with Crippen LogP contribution in [0.1, 0.15) is 34.1 Å². The van der Waals surface area contributed by atoms with Gasteiger partial charge in [-0.1, -0.05) is 20.8 Å². The summed E-state index contributed by atoms with van der Waals surface area (Å²) in [7, 11) is 1.71. The molecule has 0 aromatic rings. The quantitative estimate of drug-likeness (QED) is 0.713. The average Bonchev–Trinajstić information content (AvgIpc) is 2.62. The molecule has 0 saturated carbocycles. The Balaban J connectivity index is 2.67. The molecule has 0 radical (unpaired) electrons. The van der Waals surface area contributed by atoms with Crippen LogP contribution in [-0.4, -0.2) is 60.9 Å². The number of rotatable bonds is 1. The van der Waals surface area contributed by atoms with Gasteiger partial charge in [0.2, 0.25) is 0 Å². The van der Waals surface area contributed by atoms with Crippen LogP contribution in [0.4, 0.5) is 0 Å². The van der Waals surface area contributed by atoms with E-state index < -0.39 is 5.91 Å². The Hall–Kier alpha value is -1.10. The highest BCUT2D eigenvalue weighted by Crippen LogP contribution is 2.23. The van der Waals surface area contributed by atoms with Gasteiger partial charge in [0.05, 0.1) is 0 Å². The zero-order chi connectivity index (χ0) is 14.6. The third kappa shape index (κ3) is 4.20. The molecule has 1 heterocycles. The number of nitrogens with one attached hydrogen (secondary N) is 1. The molecular formula is C14H27N3O2. The number of carbonyl (C=O) groups excluding carboxylic acids is 2. The van der Waals surface area contributed by atoms with Crippen molar-refractivity contribution in [2.75, 3.05) is 33.2 Å². The van der Waals surface area contributed by atoms with Crippen LogP contribution in [0.15, 0.2) is 0 Å². The van der Waals surface area contributed by atoms with Crippen molar-refractivity contribution in [1.29, 1.82) is 0 Å². The molecule has 0 aromatic carbocycles. The van der Waals surface area contributed by atoms with Crippen molar-refractivity contribution in [3.8, 4) is 0 Å². The summed E-state index contributed by atoms with van der Waals surface area (Å²) in [5.41, 5.74) is -0.0367. The first-order chi connectivity index (χ1) is 8.75. The first-order valence-electron chi connectivity index (χ1n) is 7.02. The Kier molecular flexibility index (Phi) is 5.35. The molecule has 1 fully saturated rings. The molecule has 1 rings (SSSR count). The minimum absolute atomic E-state index is 0.0223. The fourth-order valence-electron chi connectivity index (χ4n) is 2.09. The van der Waals surface area contributed by atoms with Crippen molar-refractivity contribution >= 4 is 11.8 Å². The Bertz CT molecular complexity index is 328. The second kappa shape index (κ2) is 6.37. The molecule has 0 bridgehead atoms. The van der Waals surface area contributed by atoms with Crippen molar-refractivity contribution in [1.82, 2.24) is 15.1 Å². The van der Waals surface area contributed by atoms with Gasteiger partial charge in [0.15, 0.2) is 0 Å². The smallest absolute Gasteiger partial charge is 0.312 e. The highest BCUT2D eigenvalue weighted by atomic mass is 16.2. The molecule has 0 spiro atoms. The van der Waals surface area contributed by atoms with Gasteiger partial charge in [-0.25, -0.2) is 0 Å². The summed E-state index contributed by atoms with van der Waals surface area (Å²) >= 11 is 0. The maximum absolute atomic E-state index is 12.3. The van der Waals surface area contributed by atoms with E-state index in [0.29, 0.717) is 13.1 Å². The first-order valence-corrected chi connectivity index (χ1v) is 7.02.